The van der Waals surface area contributed by atoms with Gasteiger partial charge in [-0.15, -0.1) is 6.42 Å². The summed E-state index contributed by atoms with van der Waals surface area (Å²) in [4.78, 5) is 0. The zero-order valence-electron chi connectivity index (χ0n) is 9.28. The molecular weight excluding hydrogens is 272 g/mol. The first-order chi connectivity index (χ1) is 8.22. The van der Waals surface area contributed by atoms with Gasteiger partial charge in [0.1, 0.15) is 0 Å². The minimum Gasteiger partial charge on any atom is -0.115 e. The molecular formula is C16H11Br. The monoisotopic (exact) mass is 282 g/mol. The molecule has 0 unspecified atom stereocenters. The molecule has 0 N–H and O–H groups in total. The molecule has 0 aromatic heterocycles. The van der Waals surface area contributed by atoms with E-state index < -0.39 is 0 Å². The predicted molar refractivity (Wildman–Crippen MR) is 76.7 cm³/mol. The van der Waals surface area contributed by atoms with E-state index in [0.29, 0.717) is 0 Å². The molecule has 0 saturated heterocycles. The maximum atomic E-state index is 5.49. The molecule has 82 valence electrons. The van der Waals surface area contributed by atoms with Gasteiger partial charge in [-0.2, -0.15) is 0 Å². The minimum atomic E-state index is 0.875. The maximum Gasteiger partial charge on any atom is 0.0321 e. The van der Waals surface area contributed by atoms with Crippen LogP contribution in [0.1, 0.15) is 16.7 Å². The maximum absolute atomic E-state index is 5.49. The molecule has 0 nitrogen and oxygen atoms in total. The van der Waals surface area contributed by atoms with Crippen molar-refractivity contribution >= 4 is 21.5 Å². The molecule has 0 aliphatic carbocycles. The van der Waals surface area contributed by atoms with E-state index >= 15 is 0 Å². The van der Waals surface area contributed by atoms with Gasteiger partial charge in [-0.05, 0) is 34.9 Å². The van der Waals surface area contributed by atoms with E-state index in [2.05, 4.69) is 28.4 Å². The predicted octanol–water partition coefficient (Wildman–Crippen LogP) is 4.49. The molecule has 2 aromatic rings. The van der Waals surface area contributed by atoms with E-state index in [1.165, 1.54) is 0 Å². The molecule has 0 saturated carbocycles. The lowest BCUT2D eigenvalue weighted by Gasteiger charge is -2.08. The highest BCUT2D eigenvalue weighted by Crippen LogP contribution is 2.25. The van der Waals surface area contributed by atoms with Crippen LogP contribution < -0.4 is 0 Å². The molecule has 0 atom stereocenters. The number of benzene rings is 2. The topological polar surface area (TPSA) is 0 Å². The van der Waals surface area contributed by atoms with Crippen LogP contribution in [0.5, 0.6) is 0 Å². The molecule has 0 aliphatic heterocycles. The quantitative estimate of drug-likeness (QED) is 0.712. The molecule has 0 fully saturated rings. The Morgan fingerprint density at radius 3 is 2.35 bits per heavy atom. The van der Waals surface area contributed by atoms with Gasteiger partial charge in [0.15, 0.2) is 0 Å². The van der Waals surface area contributed by atoms with Crippen LogP contribution in [0.2, 0.25) is 0 Å². The molecule has 0 aliphatic rings. The van der Waals surface area contributed by atoms with Crippen LogP contribution in [0.3, 0.4) is 0 Å². The van der Waals surface area contributed by atoms with Gasteiger partial charge in [-0.25, -0.2) is 0 Å². The summed E-state index contributed by atoms with van der Waals surface area (Å²) in [6.45, 7) is 4.12. The fourth-order valence-electron chi connectivity index (χ4n) is 1.68. The average Bonchev–Trinajstić information content (AvgIpc) is 2.39. The normalized spacial score (nSPS) is 9.65. The summed E-state index contributed by atoms with van der Waals surface area (Å²) < 4.78 is 1.05. The largest absolute Gasteiger partial charge is 0.115 e. The van der Waals surface area contributed by atoms with Gasteiger partial charge in [0.05, 0.1) is 0 Å². The van der Waals surface area contributed by atoms with E-state index in [9.17, 15) is 0 Å². The highest BCUT2D eigenvalue weighted by molar-refractivity contribution is 9.10. The van der Waals surface area contributed by atoms with Crippen molar-refractivity contribution in [1.82, 2.24) is 0 Å². The first-order valence-corrected chi connectivity index (χ1v) is 6.02. The second-order valence-electron chi connectivity index (χ2n) is 3.68. The van der Waals surface area contributed by atoms with Crippen molar-refractivity contribution in [2.45, 2.75) is 0 Å². The Hall–Kier alpha value is -1.78. The third kappa shape index (κ3) is 2.49. The number of halogens is 1. The van der Waals surface area contributed by atoms with Crippen molar-refractivity contribution in [3.05, 3.63) is 76.3 Å². The van der Waals surface area contributed by atoms with Crippen molar-refractivity contribution in [3.63, 3.8) is 0 Å². The van der Waals surface area contributed by atoms with E-state index in [4.69, 9.17) is 6.42 Å². The van der Waals surface area contributed by atoms with Crippen LogP contribution in [-0.4, -0.2) is 0 Å². The molecule has 0 radical (unpaired) electrons. The van der Waals surface area contributed by atoms with E-state index in [0.717, 1.165) is 26.7 Å². The van der Waals surface area contributed by atoms with Crippen LogP contribution >= 0.6 is 15.9 Å². The molecule has 0 spiro atoms. The van der Waals surface area contributed by atoms with E-state index in [1.54, 1.807) is 0 Å². The highest BCUT2D eigenvalue weighted by atomic mass is 79.9. The molecule has 0 amide bonds. The molecule has 1 heteroatoms. The van der Waals surface area contributed by atoms with Crippen molar-refractivity contribution in [2.75, 3.05) is 0 Å². The molecule has 2 rings (SSSR count). The molecule has 17 heavy (non-hydrogen) atoms. The van der Waals surface area contributed by atoms with E-state index in [-0.39, 0.29) is 0 Å². The lowest BCUT2D eigenvalue weighted by Crippen LogP contribution is -1.90. The van der Waals surface area contributed by atoms with E-state index in [1.807, 2.05) is 48.5 Å². The first-order valence-electron chi connectivity index (χ1n) is 5.23. The summed E-state index contributed by atoms with van der Waals surface area (Å²) in [6, 6.07) is 15.9. The SMILES string of the molecule is C#Cc1ccccc1C(=C)c1ccc(Br)cc1. The summed E-state index contributed by atoms with van der Waals surface area (Å²) in [5.74, 6) is 2.69. The Labute approximate surface area is 110 Å². The van der Waals surface area contributed by atoms with Crippen molar-refractivity contribution < 1.29 is 0 Å². The number of hydrogen-bond donors (Lipinski definition) is 0. The standard InChI is InChI=1S/C16H11Br/c1-3-13-6-4-5-7-16(13)12(2)14-8-10-15(17)11-9-14/h1,4-11H,2H2. The van der Waals surface area contributed by atoms with Gasteiger partial charge in [0.2, 0.25) is 0 Å². The van der Waals surface area contributed by atoms with Crippen LogP contribution in [0, 0.1) is 12.3 Å². The second kappa shape index (κ2) is 5.03. The van der Waals surface area contributed by atoms with Gasteiger partial charge in [-0.1, -0.05) is 58.8 Å². The van der Waals surface area contributed by atoms with Gasteiger partial charge in [-0.3, -0.25) is 0 Å². The summed E-state index contributed by atoms with van der Waals surface area (Å²) in [6.07, 6.45) is 5.49. The van der Waals surface area contributed by atoms with Crippen LogP contribution in [0.15, 0.2) is 59.6 Å². The van der Waals surface area contributed by atoms with Gasteiger partial charge < -0.3 is 0 Å². The third-order valence-electron chi connectivity index (χ3n) is 2.60. The lowest BCUT2D eigenvalue weighted by molar-refractivity contribution is 1.52. The Kier molecular flexibility index (Phi) is 3.46. The number of hydrogen-bond acceptors (Lipinski definition) is 0. The Morgan fingerprint density at radius 2 is 1.71 bits per heavy atom. The zero-order chi connectivity index (χ0) is 12.3. The molecule has 0 heterocycles. The Morgan fingerprint density at radius 1 is 1.06 bits per heavy atom. The number of terminal acetylenes is 1. The highest BCUT2D eigenvalue weighted by Gasteiger charge is 2.05. The zero-order valence-corrected chi connectivity index (χ0v) is 10.9. The number of rotatable bonds is 2. The fourth-order valence-corrected chi connectivity index (χ4v) is 1.94. The average molecular weight is 283 g/mol. The lowest BCUT2D eigenvalue weighted by atomic mass is 9.96. The first kappa shape index (κ1) is 11.7. The minimum absolute atomic E-state index is 0.875. The third-order valence-corrected chi connectivity index (χ3v) is 3.13. The van der Waals surface area contributed by atoms with Gasteiger partial charge >= 0.3 is 0 Å². The smallest absolute Gasteiger partial charge is 0.0321 e. The van der Waals surface area contributed by atoms with Crippen molar-refractivity contribution in [1.29, 1.82) is 0 Å². The second-order valence-corrected chi connectivity index (χ2v) is 4.59. The van der Waals surface area contributed by atoms with Gasteiger partial charge in [0, 0.05) is 10.0 Å². The van der Waals surface area contributed by atoms with Crippen molar-refractivity contribution in [3.8, 4) is 12.3 Å². The van der Waals surface area contributed by atoms with Crippen LogP contribution in [0.25, 0.3) is 5.57 Å². The van der Waals surface area contributed by atoms with Gasteiger partial charge in [0.25, 0.3) is 0 Å². The summed E-state index contributed by atoms with van der Waals surface area (Å²) >= 11 is 3.42. The molecule has 2 aromatic carbocycles. The Balaban J connectivity index is 2.44. The van der Waals surface area contributed by atoms with Crippen LogP contribution in [0.4, 0.5) is 0 Å². The summed E-state index contributed by atoms with van der Waals surface area (Å²) in [7, 11) is 0. The summed E-state index contributed by atoms with van der Waals surface area (Å²) in [5, 5.41) is 0. The van der Waals surface area contributed by atoms with Crippen LogP contribution in [-0.2, 0) is 0 Å². The fraction of sp³-hybridized carbons (Fsp3) is 0. The Bertz CT molecular complexity index is 586. The molecule has 0 bridgehead atoms. The van der Waals surface area contributed by atoms with Crippen molar-refractivity contribution in [2.24, 2.45) is 0 Å². The summed E-state index contributed by atoms with van der Waals surface area (Å²) in [5.41, 5.74) is 3.92.